The Labute approximate surface area is 151 Å². The normalized spacial score (nSPS) is 22.1. The SMILES string of the molecule is COc1cc(OC)c(CN2CCCC[C@H]2CN2CCCC2)c(OC)c1. The highest BCUT2D eigenvalue weighted by Gasteiger charge is 2.27. The smallest absolute Gasteiger partial charge is 0.130 e. The summed E-state index contributed by atoms with van der Waals surface area (Å²) < 4.78 is 16.7. The van der Waals surface area contributed by atoms with Crippen LogP contribution in [0.5, 0.6) is 17.2 Å². The molecule has 1 aromatic carbocycles. The van der Waals surface area contributed by atoms with Gasteiger partial charge in [-0.15, -0.1) is 0 Å². The molecule has 2 aliphatic rings. The molecule has 0 unspecified atom stereocenters. The summed E-state index contributed by atoms with van der Waals surface area (Å²) in [5.74, 6) is 2.47. The van der Waals surface area contributed by atoms with E-state index in [9.17, 15) is 0 Å². The fourth-order valence-electron chi connectivity index (χ4n) is 4.17. The molecule has 0 spiro atoms. The molecule has 140 valence electrons. The molecule has 2 saturated heterocycles. The minimum Gasteiger partial charge on any atom is -0.496 e. The van der Waals surface area contributed by atoms with Crippen LogP contribution in [0.3, 0.4) is 0 Å². The number of hydrogen-bond donors (Lipinski definition) is 0. The molecule has 1 aromatic rings. The van der Waals surface area contributed by atoms with E-state index < -0.39 is 0 Å². The van der Waals surface area contributed by atoms with E-state index in [2.05, 4.69) is 9.80 Å². The van der Waals surface area contributed by atoms with Crippen LogP contribution in [-0.2, 0) is 6.54 Å². The molecule has 2 aliphatic heterocycles. The summed E-state index contributed by atoms with van der Waals surface area (Å²) in [7, 11) is 5.11. The lowest BCUT2D eigenvalue weighted by molar-refractivity contribution is 0.104. The quantitative estimate of drug-likeness (QED) is 0.756. The molecule has 5 nitrogen and oxygen atoms in total. The first kappa shape index (κ1) is 18.3. The monoisotopic (exact) mass is 348 g/mol. The van der Waals surface area contributed by atoms with Crippen LogP contribution in [0, 0.1) is 0 Å². The molecule has 0 N–H and O–H groups in total. The largest absolute Gasteiger partial charge is 0.496 e. The number of methoxy groups -OCH3 is 3. The summed E-state index contributed by atoms with van der Waals surface area (Å²) in [5, 5.41) is 0. The Balaban J connectivity index is 1.78. The summed E-state index contributed by atoms with van der Waals surface area (Å²) in [6.45, 7) is 5.74. The lowest BCUT2D eigenvalue weighted by atomic mass is 10.00. The number of piperidine rings is 1. The number of ether oxygens (including phenoxy) is 3. The van der Waals surface area contributed by atoms with Crippen LogP contribution in [0.2, 0.25) is 0 Å². The zero-order valence-electron chi connectivity index (χ0n) is 15.9. The second kappa shape index (κ2) is 8.77. The summed E-state index contributed by atoms with van der Waals surface area (Å²) >= 11 is 0. The molecule has 2 heterocycles. The van der Waals surface area contributed by atoms with Crippen molar-refractivity contribution in [2.24, 2.45) is 0 Å². The molecule has 0 radical (unpaired) electrons. The highest BCUT2D eigenvalue weighted by atomic mass is 16.5. The second-order valence-corrected chi connectivity index (χ2v) is 7.14. The Kier molecular flexibility index (Phi) is 6.43. The van der Waals surface area contributed by atoms with Gasteiger partial charge in [0, 0.05) is 31.3 Å². The Morgan fingerprint density at radius 3 is 2.12 bits per heavy atom. The van der Waals surface area contributed by atoms with E-state index in [0.29, 0.717) is 6.04 Å². The molecular weight excluding hydrogens is 316 g/mol. The first-order valence-electron chi connectivity index (χ1n) is 9.50. The highest BCUT2D eigenvalue weighted by Crippen LogP contribution is 2.36. The first-order chi connectivity index (χ1) is 12.2. The number of hydrogen-bond acceptors (Lipinski definition) is 5. The minimum absolute atomic E-state index is 0.628. The van der Waals surface area contributed by atoms with Gasteiger partial charge in [-0.3, -0.25) is 4.90 Å². The van der Waals surface area contributed by atoms with E-state index in [4.69, 9.17) is 14.2 Å². The minimum atomic E-state index is 0.628. The third kappa shape index (κ3) is 4.39. The van der Waals surface area contributed by atoms with Crippen LogP contribution in [-0.4, -0.2) is 63.4 Å². The lowest BCUT2D eigenvalue weighted by Gasteiger charge is -2.38. The van der Waals surface area contributed by atoms with Crippen molar-refractivity contribution < 1.29 is 14.2 Å². The van der Waals surface area contributed by atoms with Crippen LogP contribution < -0.4 is 14.2 Å². The maximum absolute atomic E-state index is 5.64. The van der Waals surface area contributed by atoms with Crippen LogP contribution in [0.25, 0.3) is 0 Å². The van der Waals surface area contributed by atoms with Crippen molar-refractivity contribution >= 4 is 0 Å². The summed E-state index contributed by atoms with van der Waals surface area (Å²) in [6.07, 6.45) is 6.61. The molecule has 0 saturated carbocycles. The fourth-order valence-corrected chi connectivity index (χ4v) is 4.17. The number of nitrogens with zero attached hydrogens (tertiary/aromatic N) is 2. The number of rotatable bonds is 7. The topological polar surface area (TPSA) is 34.2 Å². The highest BCUT2D eigenvalue weighted by molar-refractivity contribution is 5.50. The van der Waals surface area contributed by atoms with Gasteiger partial charge in [0.1, 0.15) is 17.2 Å². The maximum Gasteiger partial charge on any atom is 0.130 e. The third-order valence-electron chi connectivity index (χ3n) is 5.60. The zero-order chi connectivity index (χ0) is 17.6. The molecule has 2 fully saturated rings. The molecule has 0 aromatic heterocycles. The molecular formula is C20H32N2O3. The van der Waals surface area contributed by atoms with E-state index in [1.807, 2.05) is 12.1 Å². The third-order valence-corrected chi connectivity index (χ3v) is 5.60. The summed E-state index contributed by atoms with van der Waals surface area (Å²) in [5.41, 5.74) is 1.12. The van der Waals surface area contributed by atoms with Gasteiger partial charge in [-0.1, -0.05) is 6.42 Å². The molecule has 0 aliphatic carbocycles. The van der Waals surface area contributed by atoms with Crippen molar-refractivity contribution in [2.45, 2.75) is 44.7 Å². The van der Waals surface area contributed by atoms with Gasteiger partial charge in [0.05, 0.1) is 26.9 Å². The van der Waals surface area contributed by atoms with Gasteiger partial charge in [0.2, 0.25) is 0 Å². The molecule has 0 bridgehead atoms. The van der Waals surface area contributed by atoms with Gasteiger partial charge in [0.15, 0.2) is 0 Å². The number of benzene rings is 1. The molecule has 5 heteroatoms. The van der Waals surface area contributed by atoms with Crippen LogP contribution >= 0.6 is 0 Å². The van der Waals surface area contributed by atoms with Crippen LogP contribution in [0.15, 0.2) is 12.1 Å². The van der Waals surface area contributed by atoms with E-state index in [0.717, 1.165) is 35.9 Å². The average molecular weight is 348 g/mol. The molecule has 3 rings (SSSR count). The first-order valence-corrected chi connectivity index (χ1v) is 9.50. The molecule has 25 heavy (non-hydrogen) atoms. The summed E-state index contributed by atoms with van der Waals surface area (Å²) in [6, 6.07) is 4.54. The fraction of sp³-hybridized carbons (Fsp3) is 0.700. The van der Waals surface area contributed by atoms with E-state index in [1.165, 1.54) is 51.7 Å². The second-order valence-electron chi connectivity index (χ2n) is 7.14. The Bertz CT molecular complexity index is 533. The van der Waals surface area contributed by atoms with Crippen LogP contribution in [0.1, 0.15) is 37.7 Å². The van der Waals surface area contributed by atoms with Gasteiger partial charge in [-0.25, -0.2) is 0 Å². The van der Waals surface area contributed by atoms with Gasteiger partial charge in [0.25, 0.3) is 0 Å². The Morgan fingerprint density at radius 1 is 0.880 bits per heavy atom. The van der Waals surface area contributed by atoms with Gasteiger partial charge < -0.3 is 19.1 Å². The molecule has 1 atom stereocenters. The van der Waals surface area contributed by atoms with Crippen molar-refractivity contribution in [3.05, 3.63) is 17.7 Å². The van der Waals surface area contributed by atoms with Crippen molar-refractivity contribution in [3.63, 3.8) is 0 Å². The van der Waals surface area contributed by atoms with E-state index in [1.54, 1.807) is 21.3 Å². The Hall–Kier alpha value is -1.46. The standard InChI is InChI=1S/C20H32N2O3/c1-23-17-12-19(24-2)18(20(13-17)25-3)15-22-11-5-4-8-16(22)14-21-9-6-7-10-21/h12-13,16H,4-11,14-15H2,1-3H3/t16-/m0/s1. The van der Waals surface area contributed by atoms with Crippen molar-refractivity contribution in [1.29, 1.82) is 0 Å². The average Bonchev–Trinajstić information content (AvgIpc) is 3.16. The van der Waals surface area contributed by atoms with Gasteiger partial charge in [-0.2, -0.15) is 0 Å². The molecule has 0 amide bonds. The lowest BCUT2D eigenvalue weighted by Crippen LogP contribution is -2.45. The van der Waals surface area contributed by atoms with Gasteiger partial charge >= 0.3 is 0 Å². The Morgan fingerprint density at radius 2 is 1.52 bits per heavy atom. The predicted molar refractivity (Wildman–Crippen MR) is 99.8 cm³/mol. The van der Waals surface area contributed by atoms with Crippen molar-refractivity contribution in [2.75, 3.05) is 47.5 Å². The van der Waals surface area contributed by atoms with E-state index in [-0.39, 0.29) is 0 Å². The maximum atomic E-state index is 5.64. The van der Waals surface area contributed by atoms with Crippen LogP contribution in [0.4, 0.5) is 0 Å². The van der Waals surface area contributed by atoms with Gasteiger partial charge in [-0.05, 0) is 45.3 Å². The predicted octanol–water partition coefficient (Wildman–Crippen LogP) is 3.16. The number of likely N-dealkylation sites (tertiary alicyclic amines) is 2. The van der Waals surface area contributed by atoms with E-state index >= 15 is 0 Å². The van der Waals surface area contributed by atoms with Crippen molar-refractivity contribution in [3.8, 4) is 17.2 Å². The summed E-state index contributed by atoms with van der Waals surface area (Å²) in [4.78, 5) is 5.25. The zero-order valence-corrected chi connectivity index (χ0v) is 15.9. The van der Waals surface area contributed by atoms with Crippen molar-refractivity contribution in [1.82, 2.24) is 9.80 Å².